The molecule has 0 aliphatic rings. The number of carbonyl (C=O) groups is 1. The number of sulfonamides is 1. The Morgan fingerprint density at radius 3 is 2.60 bits per heavy atom. The quantitative estimate of drug-likeness (QED) is 0.780. The maximum absolute atomic E-state index is 12.0. The highest BCUT2D eigenvalue weighted by molar-refractivity contribution is 9.10. The minimum atomic E-state index is -3.64. The lowest BCUT2D eigenvalue weighted by Crippen LogP contribution is -2.21. The molecule has 0 atom stereocenters. The molecule has 3 N–H and O–H groups in total. The Morgan fingerprint density at radius 1 is 1.30 bits per heavy atom. The Morgan fingerprint density at radius 2 is 2.00 bits per heavy atom. The summed E-state index contributed by atoms with van der Waals surface area (Å²) in [4.78, 5) is 14.8. The molecule has 1 aromatic heterocycles. The molecule has 0 spiro atoms. The first kappa shape index (κ1) is 14.8. The fraction of sp³-hybridized carbons (Fsp3) is 0.0833. The second-order valence-electron chi connectivity index (χ2n) is 3.89. The van der Waals surface area contributed by atoms with Crippen LogP contribution in [0.25, 0.3) is 0 Å². The molecule has 8 heteroatoms. The zero-order valence-electron chi connectivity index (χ0n) is 10.5. The third-order valence-electron chi connectivity index (χ3n) is 2.59. The first-order valence-corrected chi connectivity index (χ1v) is 7.89. The van der Waals surface area contributed by atoms with Crippen molar-refractivity contribution in [2.45, 2.75) is 4.90 Å². The van der Waals surface area contributed by atoms with Crippen LogP contribution in [0.1, 0.15) is 10.5 Å². The van der Waals surface area contributed by atoms with E-state index in [0.717, 1.165) is 4.47 Å². The lowest BCUT2D eigenvalue weighted by atomic mass is 10.3. The monoisotopic (exact) mass is 357 g/mol. The van der Waals surface area contributed by atoms with E-state index in [-0.39, 0.29) is 10.6 Å². The standard InChI is InChI=1S/C12H12BrN3O3S/c1-14-20(18,19)11-5-3-2-4-9(11)16-12(17)10-6-8(13)7-15-10/h2-7,14-15H,1H3,(H,16,17). The predicted octanol–water partition coefficient (Wildman–Crippen LogP) is 1.94. The Labute approximate surface area is 124 Å². The van der Waals surface area contributed by atoms with E-state index in [9.17, 15) is 13.2 Å². The molecule has 1 heterocycles. The van der Waals surface area contributed by atoms with E-state index in [4.69, 9.17) is 0 Å². The van der Waals surface area contributed by atoms with Crippen LogP contribution < -0.4 is 10.0 Å². The predicted molar refractivity (Wildman–Crippen MR) is 79.1 cm³/mol. The number of hydrogen-bond acceptors (Lipinski definition) is 3. The SMILES string of the molecule is CNS(=O)(=O)c1ccccc1NC(=O)c1cc(Br)c[nH]1. The van der Waals surface area contributed by atoms with Crippen molar-refractivity contribution >= 4 is 37.5 Å². The molecule has 0 bridgehead atoms. The number of nitrogens with one attached hydrogen (secondary N) is 3. The Hall–Kier alpha value is -1.64. The number of amides is 1. The summed E-state index contributed by atoms with van der Waals surface area (Å²) in [5, 5.41) is 2.57. The summed E-state index contributed by atoms with van der Waals surface area (Å²) in [6.45, 7) is 0. The summed E-state index contributed by atoms with van der Waals surface area (Å²) in [5.74, 6) is -0.422. The first-order valence-electron chi connectivity index (χ1n) is 5.62. The molecule has 0 saturated carbocycles. The van der Waals surface area contributed by atoms with Crippen LogP contribution in [-0.2, 0) is 10.0 Å². The van der Waals surface area contributed by atoms with E-state index in [1.54, 1.807) is 24.4 Å². The van der Waals surface area contributed by atoms with Gasteiger partial charge in [-0.2, -0.15) is 0 Å². The Bertz CT molecular complexity index is 740. The number of para-hydroxylation sites is 1. The van der Waals surface area contributed by atoms with Crippen molar-refractivity contribution in [2.75, 3.05) is 12.4 Å². The van der Waals surface area contributed by atoms with Crippen LogP contribution in [0.15, 0.2) is 45.9 Å². The van der Waals surface area contributed by atoms with E-state index in [1.807, 2.05) is 0 Å². The van der Waals surface area contributed by atoms with Crippen molar-refractivity contribution in [3.8, 4) is 0 Å². The molecule has 0 aliphatic carbocycles. The maximum Gasteiger partial charge on any atom is 0.272 e. The highest BCUT2D eigenvalue weighted by atomic mass is 79.9. The maximum atomic E-state index is 12.0. The van der Waals surface area contributed by atoms with Crippen LogP contribution in [0.3, 0.4) is 0 Å². The first-order chi connectivity index (χ1) is 9.44. The molecule has 106 valence electrons. The lowest BCUT2D eigenvalue weighted by molar-refractivity contribution is 0.102. The van der Waals surface area contributed by atoms with E-state index < -0.39 is 15.9 Å². The van der Waals surface area contributed by atoms with Crippen LogP contribution in [0.4, 0.5) is 5.69 Å². The van der Waals surface area contributed by atoms with Crippen LogP contribution in [-0.4, -0.2) is 26.4 Å². The smallest absolute Gasteiger partial charge is 0.272 e. The second kappa shape index (κ2) is 5.78. The molecule has 1 amide bonds. The fourth-order valence-electron chi connectivity index (χ4n) is 1.60. The van der Waals surface area contributed by atoms with Crippen molar-refractivity contribution in [1.29, 1.82) is 0 Å². The van der Waals surface area contributed by atoms with Crippen LogP contribution in [0.2, 0.25) is 0 Å². The fourth-order valence-corrected chi connectivity index (χ4v) is 2.83. The van der Waals surface area contributed by atoms with Crippen molar-refractivity contribution in [2.24, 2.45) is 0 Å². The van der Waals surface area contributed by atoms with E-state index in [0.29, 0.717) is 5.69 Å². The van der Waals surface area contributed by atoms with E-state index >= 15 is 0 Å². The molecule has 1 aromatic carbocycles. The molecule has 0 radical (unpaired) electrons. The Balaban J connectivity index is 2.33. The van der Waals surface area contributed by atoms with Gasteiger partial charge in [-0.25, -0.2) is 13.1 Å². The van der Waals surface area contributed by atoms with E-state index in [2.05, 4.69) is 31.0 Å². The third kappa shape index (κ3) is 3.09. The summed E-state index contributed by atoms with van der Waals surface area (Å²) in [6, 6.07) is 7.79. The van der Waals surface area contributed by atoms with Gasteiger partial charge in [-0.1, -0.05) is 12.1 Å². The van der Waals surface area contributed by atoms with Gasteiger partial charge in [0.15, 0.2) is 0 Å². The molecule has 2 aromatic rings. The number of hydrogen-bond donors (Lipinski definition) is 3. The summed E-state index contributed by atoms with van der Waals surface area (Å²) in [7, 11) is -2.32. The minimum absolute atomic E-state index is 0.0153. The summed E-state index contributed by atoms with van der Waals surface area (Å²) >= 11 is 3.23. The number of anilines is 1. The molecule has 0 unspecified atom stereocenters. The van der Waals surface area contributed by atoms with Gasteiger partial charge in [0, 0.05) is 10.7 Å². The van der Waals surface area contributed by atoms with Gasteiger partial charge in [-0.15, -0.1) is 0 Å². The molecule has 20 heavy (non-hydrogen) atoms. The van der Waals surface area contributed by atoms with Crippen LogP contribution in [0.5, 0.6) is 0 Å². The zero-order chi connectivity index (χ0) is 14.8. The van der Waals surface area contributed by atoms with Gasteiger partial charge in [0.25, 0.3) is 5.91 Å². The van der Waals surface area contributed by atoms with Crippen LogP contribution in [0, 0.1) is 0 Å². The number of H-pyrrole nitrogens is 1. The topological polar surface area (TPSA) is 91.1 Å². The van der Waals surface area contributed by atoms with Gasteiger partial charge in [0.1, 0.15) is 10.6 Å². The second-order valence-corrected chi connectivity index (χ2v) is 6.66. The molecular weight excluding hydrogens is 346 g/mol. The number of aromatic amines is 1. The number of aromatic nitrogens is 1. The van der Waals surface area contributed by atoms with Crippen molar-refractivity contribution in [3.63, 3.8) is 0 Å². The van der Waals surface area contributed by atoms with E-state index in [1.165, 1.54) is 19.2 Å². The molecule has 0 aliphatic heterocycles. The molecule has 0 saturated heterocycles. The average molecular weight is 358 g/mol. The number of carbonyl (C=O) groups excluding carboxylic acids is 1. The normalized spacial score (nSPS) is 11.3. The zero-order valence-corrected chi connectivity index (χ0v) is 12.9. The van der Waals surface area contributed by atoms with Crippen molar-refractivity contribution in [3.05, 3.63) is 46.7 Å². The minimum Gasteiger partial charge on any atom is -0.356 e. The van der Waals surface area contributed by atoms with Gasteiger partial charge in [-0.05, 0) is 41.2 Å². The summed E-state index contributed by atoms with van der Waals surface area (Å²) in [5.41, 5.74) is 0.547. The highest BCUT2D eigenvalue weighted by Gasteiger charge is 2.18. The number of rotatable bonds is 4. The number of halogens is 1. The third-order valence-corrected chi connectivity index (χ3v) is 4.52. The lowest BCUT2D eigenvalue weighted by Gasteiger charge is -2.10. The van der Waals surface area contributed by atoms with Gasteiger partial charge in [0.2, 0.25) is 10.0 Å². The van der Waals surface area contributed by atoms with Crippen LogP contribution >= 0.6 is 15.9 Å². The average Bonchev–Trinajstić information content (AvgIpc) is 2.86. The molecule has 6 nitrogen and oxygen atoms in total. The largest absolute Gasteiger partial charge is 0.356 e. The molecule has 2 rings (SSSR count). The molecule has 0 fully saturated rings. The summed E-state index contributed by atoms with van der Waals surface area (Å²) < 4.78 is 26.7. The van der Waals surface area contributed by atoms with Crippen molar-refractivity contribution in [1.82, 2.24) is 9.71 Å². The molecular formula is C12H12BrN3O3S. The number of benzene rings is 1. The van der Waals surface area contributed by atoms with Gasteiger partial charge >= 0.3 is 0 Å². The van der Waals surface area contributed by atoms with Crippen molar-refractivity contribution < 1.29 is 13.2 Å². The van der Waals surface area contributed by atoms with Gasteiger partial charge < -0.3 is 10.3 Å². The van der Waals surface area contributed by atoms with Gasteiger partial charge in [0.05, 0.1) is 5.69 Å². The Kier molecular flexibility index (Phi) is 4.26. The summed E-state index contributed by atoms with van der Waals surface area (Å²) in [6.07, 6.45) is 1.62. The highest BCUT2D eigenvalue weighted by Crippen LogP contribution is 2.21. The van der Waals surface area contributed by atoms with Gasteiger partial charge in [-0.3, -0.25) is 4.79 Å².